The van der Waals surface area contributed by atoms with E-state index in [1.165, 1.54) is 6.08 Å². The normalized spacial score (nSPS) is 20.1. The van der Waals surface area contributed by atoms with Crippen molar-refractivity contribution in [1.82, 2.24) is 0 Å². The minimum atomic E-state index is -0.294. The largest absolute Gasteiger partial charge is 0.458 e. The number of hydrogen-bond donors (Lipinski definition) is 1. The Morgan fingerprint density at radius 2 is 2.50 bits per heavy atom. The highest BCUT2D eigenvalue weighted by molar-refractivity contribution is 5.83. The van der Waals surface area contributed by atoms with Crippen molar-refractivity contribution in [2.75, 3.05) is 6.61 Å². The fourth-order valence-corrected chi connectivity index (χ4v) is 1.06. The van der Waals surface area contributed by atoms with Crippen LogP contribution < -0.4 is 5.73 Å². The molecule has 0 spiro atoms. The summed E-state index contributed by atoms with van der Waals surface area (Å²) in [6, 6.07) is -0.0778. The number of hydrogen-bond acceptors (Lipinski definition) is 3. The van der Waals surface area contributed by atoms with Gasteiger partial charge in [-0.15, -0.1) is 5.73 Å². The van der Waals surface area contributed by atoms with Crippen LogP contribution in [-0.2, 0) is 9.53 Å². The summed E-state index contributed by atoms with van der Waals surface area (Å²) in [7, 11) is 0. The van der Waals surface area contributed by atoms with Gasteiger partial charge in [-0.05, 0) is 24.1 Å². The molecule has 0 aromatic carbocycles. The third-order valence-electron chi connectivity index (χ3n) is 1.80. The second-order valence-corrected chi connectivity index (χ2v) is 2.99. The summed E-state index contributed by atoms with van der Waals surface area (Å²) in [6.45, 7) is 3.77. The quantitative estimate of drug-likeness (QED) is 0.536. The Morgan fingerprint density at radius 1 is 1.71 bits per heavy atom. The Balaban J connectivity index is 2.49. The van der Waals surface area contributed by atoms with Crippen LogP contribution in [0.25, 0.3) is 0 Å². The molecular weight excluding hydrogens is 178 g/mol. The van der Waals surface area contributed by atoms with Gasteiger partial charge in [-0.25, -0.2) is 4.79 Å². The molecule has 0 saturated heterocycles. The molecule has 0 saturated carbocycles. The van der Waals surface area contributed by atoms with Crippen molar-refractivity contribution in [1.29, 1.82) is 0 Å². The minimum Gasteiger partial charge on any atom is -0.458 e. The Labute approximate surface area is 83.2 Å². The summed E-state index contributed by atoms with van der Waals surface area (Å²) < 4.78 is 4.81. The highest BCUT2D eigenvalue weighted by Crippen LogP contribution is 2.07. The molecule has 2 N–H and O–H groups in total. The second kappa shape index (κ2) is 5.22. The van der Waals surface area contributed by atoms with Crippen LogP contribution in [0.2, 0.25) is 0 Å². The lowest BCUT2D eigenvalue weighted by Crippen LogP contribution is -2.16. The van der Waals surface area contributed by atoms with Gasteiger partial charge in [-0.1, -0.05) is 12.7 Å². The zero-order valence-electron chi connectivity index (χ0n) is 7.90. The molecule has 0 fully saturated rings. The molecule has 0 aromatic rings. The Morgan fingerprint density at radius 3 is 3.07 bits per heavy atom. The molecule has 1 unspecified atom stereocenters. The maximum absolute atomic E-state index is 10.7. The second-order valence-electron chi connectivity index (χ2n) is 2.99. The molecule has 3 heteroatoms. The average molecular weight is 191 g/mol. The Hall–Kier alpha value is -1.57. The van der Waals surface area contributed by atoms with Gasteiger partial charge in [0.2, 0.25) is 0 Å². The minimum absolute atomic E-state index is 0.0778. The maximum Gasteiger partial charge on any atom is 0.331 e. The van der Waals surface area contributed by atoms with E-state index >= 15 is 0 Å². The number of nitrogens with two attached hydrogens (primary N) is 1. The van der Waals surface area contributed by atoms with Crippen molar-refractivity contribution in [3.63, 3.8) is 0 Å². The molecule has 74 valence electrons. The van der Waals surface area contributed by atoms with Crippen molar-refractivity contribution in [2.24, 2.45) is 5.73 Å². The molecule has 1 rings (SSSR count). The first kappa shape index (κ1) is 10.5. The zero-order chi connectivity index (χ0) is 10.4. The van der Waals surface area contributed by atoms with Crippen molar-refractivity contribution < 1.29 is 9.53 Å². The molecular formula is C11H13NO2. The number of cyclic esters (lactones) is 1. The topological polar surface area (TPSA) is 52.3 Å². The average Bonchev–Trinajstić information content (AvgIpc) is 2.17. The van der Waals surface area contributed by atoms with E-state index in [1.54, 1.807) is 12.2 Å². The summed E-state index contributed by atoms with van der Waals surface area (Å²) >= 11 is 0. The third-order valence-corrected chi connectivity index (χ3v) is 1.80. The predicted octanol–water partition coefficient (Wildman–Crippen LogP) is 1.08. The molecule has 0 amide bonds. The molecule has 0 aliphatic carbocycles. The number of carbonyl (C=O) groups excluding carboxylic acids is 1. The Bertz CT molecular complexity index is 322. The van der Waals surface area contributed by atoms with Gasteiger partial charge in [-0.3, -0.25) is 0 Å². The summed E-state index contributed by atoms with van der Waals surface area (Å²) in [5.41, 5.74) is 9.29. The smallest absolute Gasteiger partial charge is 0.331 e. The van der Waals surface area contributed by atoms with E-state index in [0.717, 1.165) is 5.57 Å². The number of esters is 1. The zero-order valence-corrected chi connectivity index (χ0v) is 7.90. The molecule has 3 nitrogen and oxygen atoms in total. The third kappa shape index (κ3) is 3.44. The molecule has 1 aliphatic rings. The van der Waals surface area contributed by atoms with Gasteiger partial charge in [0.25, 0.3) is 0 Å². The fourth-order valence-electron chi connectivity index (χ4n) is 1.06. The van der Waals surface area contributed by atoms with Crippen molar-refractivity contribution in [3.8, 4) is 0 Å². The van der Waals surface area contributed by atoms with Crippen LogP contribution >= 0.6 is 0 Å². The maximum atomic E-state index is 10.7. The summed E-state index contributed by atoms with van der Waals surface area (Å²) in [5.74, 6) is -0.294. The van der Waals surface area contributed by atoms with Crippen LogP contribution in [0.15, 0.2) is 42.2 Å². The SMILES string of the molecule is C=C=CC(N)C/C=C1/C=CC(=O)OC1. The summed E-state index contributed by atoms with van der Waals surface area (Å²) in [5, 5.41) is 0. The molecule has 0 aromatic heterocycles. The number of rotatable bonds is 3. The van der Waals surface area contributed by atoms with Crippen LogP contribution in [0.5, 0.6) is 0 Å². The van der Waals surface area contributed by atoms with Gasteiger partial charge in [0.1, 0.15) is 6.61 Å². The molecule has 14 heavy (non-hydrogen) atoms. The molecule has 1 atom stereocenters. The van der Waals surface area contributed by atoms with Gasteiger partial charge in [0.05, 0.1) is 0 Å². The van der Waals surface area contributed by atoms with Crippen molar-refractivity contribution in [3.05, 3.63) is 42.2 Å². The van der Waals surface area contributed by atoms with E-state index in [9.17, 15) is 4.79 Å². The van der Waals surface area contributed by atoms with Gasteiger partial charge >= 0.3 is 5.97 Å². The first-order valence-corrected chi connectivity index (χ1v) is 4.38. The van der Waals surface area contributed by atoms with Crippen LogP contribution in [0, 0.1) is 0 Å². The first-order chi connectivity index (χ1) is 6.72. The van der Waals surface area contributed by atoms with E-state index < -0.39 is 0 Å². The summed E-state index contributed by atoms with van der Waals surface area (Å²) in [4.78, 5) is 10.7. The van der Waals surface area contributed by atoms with Crippen molar-refractivity contribution >= 4 is 5.97 Å². The van der Waals surface area contributed by atoms with E-state index in [-0.39, 0.29) is 12.0 Å². The van der Waals surface area contributed by atoms with Gasteiger partial charge in [0.15, 0.2) is 0 Å². The lowest BCUT2D eigenvalue weighted by molar-refractivity contribution is -0.137. The van der Waals surface area contributed by atoms with Gasteiger partial charge < -0.3 is 10.5 Å². The van der Waals surface area contributed by atoms with E-state index in [4.69, 9.17) is 10.5 Å². The number of ether oxygens (including phenoxy) is 1. The monoisotopic (exact) mass is 191 g/mol. The molecule has 1 heterocycles. The lowest BCUT2D eigenvalue weighted by Gasteiger charge is -2.09. The molecule has 0 bridgehead atoms. The van der Waals surface area contributed by atoms with Gasteiger partial charge in [-0.2, -0.15) is 0 Å². The summed E-state index contributed by atoms with van der Waals surface area (Å²) in [6.07, 6.45) is 7.50. The van der Waals surface area contributed by atoms with E-state index in [0.29, 0.717) is 13.0 Å². The standard InChI is InChI=1S/C11H13NO2/c1-2-3-10(12)6-4-9-5-7-11(13)14-8-9/h3-5,7,10H,1,6,8,12H2/b9-4-. The van der Waals surface area contributed by atoms with Crippen LogP contribution in [0.4, 0.5) is 0 Å². The lowest BCUT2D eigenvalue weighted by atomic mass is 10.1. The fraction of sp³-hybridized carbons (Fsp3) is 0.273. The number of carbonyl (C=O) groups is 1. The highest BCUT2D eigenvalue weighted by Gasteiger charge is 2.06. The van der Waals surface area contributed by atoms with Gasteiger partial charge in [0, 0.05) is 12.1 Å². The Kier molecular flexibility index (Phi) is 3.92. The highest BCUT2D eigenvalue weighted by atomic mass is 16.5. The van der Waals surface area contributed by atoms with Crippen molar-refractivity contribution in [2.45, 2.75) is 12.5 Å². The van der Waals surface area contributed by atoms with Crippen LogP contribution in [0.3, 0.4) is 0 Å². The molecule has 0 radical (unpaired) electrons. The van der Waals surface area contributed by atoms with E-state index in [2.05, 4.69) is 12.3 Å². The molecule has 1 aliphatic heterocycles. The predicted molar refractivity (Wildman–Crippen MR) is 54.5 cm³/mol. The first-order valence-electron chi connectivity index (χ1n) is 4.38. The van der Waals surface area contributed by atoms with E-state index in [1.807, 2.05) is 6.08 Å². The van der Waals surface area contributed by atoms with Crippen LogP contribution in [-0.4, -0.2) is 18.6 Å². The van der Waals surface area contributed by atoms with Crippen LogP contribution in [0.1, 0.15) is 6.42 Å².